The molecule has 1 aliphatic rings. The van der Waals surface area contributed by atoms with Crippen molar-refractivity contribution in [2.75, 3.05) is 19.0 Å². The maximum atomic E-state index is 5.16. The molecule has 2 aromatic rings. The zero-order valence-corrected chi connectivity index (χ0v) is 11.9. The number of anilines is 1. The molecule has 1 heterocycles. The van der Waals surface area contributed by atoms with E-state index in [-0.39, 0.29) is 0 Å². The van der Waals surface area contributed by atoms with Crippen LogP contribution in [0.4, 0.5) is 5.82 Å². The average molecular weight is 268 g/mol. The second-order valence-corrected chi connectivity index (χ2v) is 5.18. The highest BCUT2D eigenvalue weighted by molar-refractivity contribution is 5.40. The Kier molecular flexibility index (Phi) is 3.86. The van der Waals surface area contributed by atoms with E-state index in [1.165, 1.54) is 29.7 Å². The number of benzene rings is 1. The summed E-state index contributed by atoms with van der Waals surface area (Å²) in [5.41, 5.74) is 4.00. The maximum Gasteiger partial charge on any atom is 0.126 e. The molecule has 1 N–H and O–H groups in total. The number of nitrogens with one attached hydrogen (secondary N) is 1. The summed E-state index contributed by atoms with van der Waals surface area (Å²) in [4.78, 5) is 4.68. The minimum Gasteiger partial charge on any atom is -0.497 e. The molecule has 3 nitrogen and oxygen atoms in total. The molecule has 1 aliphatic carbocycles. The fourth-order valence-electron chi connectivity index (χ4n) is 2.65. The number of hydrogen-bond acceptors (Lipinski definition) is 3. The van der Waals surface area contributed by atoms with Gasteiger partial charge in [0.1, 0.15) is 11.6 Å². The van der Waals surface area contributed by atoms with Gasteiger partial charge in [0, 0.05) is 12.2 Å². The first kappa shape index (κ1) is 13.0. The molecule has 1 aromatic carbocycles. The van der Waals surface area contributed by atoms with Crippen molar-refractivity contribution >= 4 is 5.82 Å². The van der Waals surface area contributed by atoms with Gasteiger partial charge >= 0.3 is 0 Å². The van der Waals surface area contributed by atoms with E-state index in [4.69, 9.17) is 4.74 Å². The number of nitrogens with zero attached hydrogens (tertiary/aromatic N) is 1. The molecular formula is C17H20N2O. The zero-order valence-electron chi connectivity index (χ0n) is 11.9. The molecule has 1 aromatic heterocycles. The number of rotatable bonds is 5. The molecule has 104 valence electrons. The number of methoxy groups -OCH3 is 1. The molecular weight excluding hydrogens is 248 g/mol. The first-order valence-electron chi connectivity index (χ1n) is 7.21. The zero-order chi connectivity index (χ0) is 13.8. The SMILES string of the molecule is COc1ccc(CCNc2ccc3c(n2)CCC3)cc1. The first-order valence-corrected chi connectivity index (χ1v) is 7.21. The Labute approximate surface area is 120 Å². The van der Waals surface area contributed by atoms with Crippen LogP contribution < -0.4 is 10.1 Å². The van der Waals surface area contributed by atoms with Crippen molar-refractivity contribution in [1.29, 1.82) is 0 Å². The normalized spacial score (nSPS) is 13.1. The molecule has 3 rings (SSSR count). The lowest BCUT2D eigenvalue weighted by Crippen LogP contribution is -2.07. The third-order valence-corrected chi connectivity index (χ3v) is 3.81. The van der Waals surface area contributed by atoms with Gasteiger partial charge in [-0.05, 0) is 55.0 Å². The third kappa shape index (κ3) is 2.93. The van der Waals surface area contributed by atoms with Gasteiger partial charge < -0.3 is 10.1 Å². The number of aromatic nitrogens is 1. The van der Waals surface area contributed by atoms with Gasteiger partial charge in [-0.2, -0.15) is 0 Å². The average Bonchev–Trinajstić information content (AvgIpc) is 2.95. The van der Waals surface area contributed by atoms with Crippen LogP contribution in [0.1, 0.15) is 23.2 Å². The van der Waals surface area contributed by atoms with E-state index >= 15 is 0 Å². The monoisotopic (exact) mass is 268 g/mol. The van der Waals surface area contributed by atoms with Crippen molar-refractivity contribution in [1.82, 2.24) is 4.98 Å². The minimum atomic E-state index is 0.901. The molecule has 0 radical (unpaired) electrons. The van der Waals surface area contributed by atoms with E-state index in [0.29, 0.717) is 0 Å². The molecule has 20 heavy (non-hydrogen) atoms. The lowest BCUT2D eigenvalue weighted by Gasteiger charge is -2.08. The van der Waals surface area contributed by atoms with Crippen LogP contribution in [0.25, 0.3) is 0 Å². The van der Waals surface area contributed by atoms with Gasteiger partial charge in [-0.15, -0.1) is 0 Å². The highest BCUT2D eigenvalue weighted by Crippen LogP contribution is 2.21. The molecule has 0 saturated carbocycles. The fraction of sp³-hybridized carbons (Fsp3) is 0.353. The fourth-order valence-corrected chi connectivity index (χ4v) is 2.65. The van der Waals surface area contributed by atoms with Gasteiger partial charge in [-0.25, -0.2) is 4.98 Å². The van der Waals surface area contributed by atoms with Crippen LogP contribution in [0.15, 0.2) is 36.4 Å². The van der Waals surface area contributed by atoms with E-state index in [1.54, 1.807) is 7.11 Å². The van der Waals surface area contributed by atoms with Crippen molar-refractivity contribution in [2.45, 2.75) is 25.7 Å². The Morgan fingerprint density at radius 3 is 2.75 bits per heavy atom. The topological polar surface area (TPSA) is 34.1 Å². The lowest BCUT2D eigenvalue weighted by molar-refractivity contribution is 0.414. The Morgan fingerprint density at radius 2 is 1.95 bits per heavy atom. The summed E-state index contributed by atoms with van der Waals surface area (Å²) in [5.74, 6) is 1.90. The van der Waals surface area contributed by atoms with Crippen LogP contribution in [-0.2, 0) is 19.3 Å². The van der Waals surface area contributed by atoms with E-state index in [2.05, 4.69) is 34.6 Å². The molecule has 0 aliphatic heterocycles. The summed E-state index contributed by atoms with van der Waals surface area (Å²) < 4.78 is 5.16. The van der Waals surface area contributed by atoms with Gasteiger partial charge in [0.2, 0.25) is 0 Å². The summed E-state index contributed by atoms with van der Waals surface area (Å²) in [6.45, 7) is 0.901. The van der Waals surface area contributed by atoms with Crippen LogP contribution in [0, 0.1) is 0 Å². The number of ether oxygens (including phenoxy) is 1. The Hall–Kier alpha value is -2.03. The van der Waals surface area contributed by atoms with E-state index in [0.717, 1.165) is 31.0 Å². The molecule has 0 bridgehead atoms. The first-order chi connectivity index (χ1) is 9.85. The summed E-state index contributed by atoms with van der Waals surface area (Å²) in [7, 11) is 1.69. The summed E-state index contributed by atoms with van der Waals surface area (Å²) in [6, 6.07) is 12.5. The van der Waals surface area contributed by atoms with Gasteiger partial charge in [0.15, 0.2) is 0 Å². The molecule has 0 amide bonds. The van der Waals surface area contributed by atoms with Gasteiger partial charge in [-0.1, -0.05) is 18.2 Å². The second-order valence-electron chi connectivity index (χ2n) is 5.18. The van der Waals surface area contributed by atoms with Crippen molar-refractivity contribution < 1.29 is 4.74 Å². The Bertz CT molecular complexity index is 578. The maximum absolute atomic E-state index is 5.16. The molecule has 3 heteroatoms. The second kappa shape index (κ2) is 5.95. The van der Waals surface area contributed by atoms with Gasteiger partial charge in [0.25, 0.3) is 0 Å². The van der Waals surface area contributed by atoms with Crippen LogP contribution in [-0.4, -0.2) is 18.6 Å². The van der Waals surface area contributed by atoms with Gasteiger partial charge in [-0.3, -0.25) is 0 Å². The molecule has 0 spiro atoms. The van der Waals surface area contributed by atoms with Crippen LogP contribution >= 0.6 is 0 Å². The molecule has 0 saturated heterocycles. The predicted octanol–water partition coefficient (Wildman–Crippen LogP) is 3.23. The highest BCUT2D eigenvalue weighted by Gasteiger charge is 2.11. The highest BCUT2D eigenvalue weighted by atomic mass is 16.5. The van der Waals surface area contributed by atoms with Crippen molar-refractivity contribution in [3.63, 3.8) is 0 Å². The van der Waals surface area contributed by atoms with Crippen LogP contribution in [0.2, 0.25) is 0 Å². The minimum absolute atomic E-state index is 0.901. The van der Waals surface area contributed by atoms with Crippen LogP contribution in [0.3, 0.4) is 0 Å². The Balaban J connectivity index is 1.54. The third-order valence-electron chi connectivity index (χ3n) is 3.81. The quantitative estimate of drug-likeness (QED) is 0.904. The number of aryl methyl sites for hydroxylation is 2. The number of pyridine rings is 1. The summed E-state index contributed by atoms with van der Waals surface area (Å²) >= 11 is 0. The van der Waals surface area contributed by atoms with Crippen molar-refractivity contribution in [3.8, 4) is 5.75 Å². The van der Waals surface area contributed by atoms with Gasteiger partial charge in [0.05, 0.1) is 7.11 Å². The molecule has 0 atom stereocenters. The lowest BCUT2D eigenvalue weighted by atomic mass is 10.1. The van der Waals surface area contributed by atoms with E-state index in [1.807, 2.05) is 12.1 Å². The number of fused-ring (bicyclic) bond motifs is 1. The smallest absolute Gasteiger partial charge is 0.126 e. The predicted molar refractivity (Wildman–Crippen MR) is 81.4 cm³/mol. The molecule has 0 fully saturated rings. The van der Waals surface area contributed by atoms with Crippen LogP contribution in [0.5, 0.6) is 5.75 Å². The van der Waals surface area contributed by atoms with E-state index < -0.39 is 0 Å². The summed E-state index contributed by atoms with van der Waals surface area (Å²) in [6.07, 6.45) is 4.55. The number of hydrogen-bond donors (Lipinski definition) is 1. The Morgan fingerprint density at radius 1 is 1.10 bits per heavy atom. The van der Waals surface area contributed by atoms with Crippen molar-refractivity contribution in [3.05, 3.63) is 53.2 Å². The molecule has 0 unspecified atom stereocenters. The summed E-state index contributed by atoms with van der Waals surface area (Å²) in [5, 5.41) is 3.41. The van der Waals surface area contributed by atoms with E-state index in [9.17, 15) is 0 Å². The van der Waals surface area contributed by atoms with Crippen molar-refractivity contribution in [2.24, 2.45) is 0 Å². The largest absolute Gasteiger partial charge is 0.497 e. The standard InChI is InChI=1S/C17H20N2O/c1-20-15-8-5-13(6-9-15)11-12-18-17-10-7-14-3-2-4-16(14)19-17/h5-10H,2-4,11-12H2,1H3,(H,18,19).